The molecule has 0 fully saturated rings. The first kappa shape index (κ1) is 17.3. The first-order valence-electron chi connectivity index (χ1n) is 8.20. The van der Waals surface area contributed by atoms with Gasteiger partial charge in [-0.3, -0.25) is 0 Å². The first-order valence-corrected chi connectivity index (χ1v) is 8.20. The largest absolute Gasteiger partial charge is 0.411 e. The highest BCUT2D eigenvalue weighted by atomic mass is 16.4. The van der Waals surface area contributed by atoms with Crippen molar-refractivity contribution in [3.63, 3.8) is 0 Å². The van der Waals surface area contributed by atoms with Crippen molar-refractivity contribution in [2.45, 2.75) is 13.1 Å². The Morgan fingerprint density at radius 3 is 1.46 bits per heavy atom. The monoisotopic (exact) mass is 348 g/mol. The van der Waals surface area contributed by atoms with Crippen molar-refractivity contribution in [3.05, 3.63) is 95.6 Å². The molecule has 6 heteroatoms. The molecular weight excluding hydrogens is 328 g/mol. The summed E-state index contributed by atoms with van der Waals surface area (Å²) in [4.78, 5) is 0. The van der Waals surface area contributed by atoms with Crippen LogP contribution in [-0.2, 0) is 13.1 Å². The van der Waals surface area contributed by atoms with Crippen molar-refractivity contribution in [2.75, 3.05) is 0 Å². The molecule has 0 bridgehead atoms. The predicted molar refractivity (Wildman–Crippen MR) is 96.7 cm³/mol. The quantitative estimate of drug-likeness (QED) is 0.309. The number of hydrogen-bond acceptors (Lipinski definition) is 4. The summed E-state index contributed by atoms with van der Waals surface area (Å²) < 4.78 is 4.02. The van der Waals surface area contributed by atoms with Crippen molar-refractivity contribution in [1.29, 1.82) is 0 Å². The zero-order valence-corrected chi connectivity index (χ0v) is 14.2. The van der Waals surface area contributed by atoms with Crippen molar-refractivity contribution >= 4 is 12.4 Å². The van der Waals surface area contributed by atoms with Crippen LogP contribution in [0, 0.1) is 0 Å². The topological polar surface area (TPSA) is 72.9 Å². The Morgan fingerprint density at radius 1 is 0.654 bits per heavy atom. The summed E-state index contributed by atoms with van der Waals surface area (Å²) in [6.45, 7) is 1.37. The molecule has 0 unspecified atom stereocenters. The zero-order valence-electron chi connectivity index (χ0n) is 14.2. The molecule has 0 spiro atoms. The van der Waals surface area contributed by atoms with Crippen LogP contribution in [0.2, 0.25) is 0 Å². The van der Waals surface area contributed by atoms with E-state index < -0.39 is 0 Å². The lowest BCUT2D eigenvalue weighted by molar-refractivity contribution is -0.689. The molecular formula is C20H20N4O2+2. The molecule has 0 aliphatic carbocycles. The predicted octanol–water partition coefficient (Wildman–Crippen LogP) is 1.97. The molecule has 0 aliphatic heterocycles. The fourth-order valence-corrected chi connectivity index (χ4v) is 2.76. The van der Waals surface area contributed by atoms with E-state index >= 15 is 0 Å². The molecule has 0 saturated carbocycles. The van der Waals surface area contributed by atoms with Gasteiger partial charge in [-0.25, -0.2) is 0 Å². The fraction of sp³-hybridized carbons (Fsp3) is 0.100. The van der Waals surface area contributed by atoms with Gasteiger partial charge in [-0.15, -0.1) is 0 Å². The molecule has 26 heavy (non-hydrogen) atoms. The number of benzene rings is 1. The number of hydrogen-bond donors (Lipinski definition) is 2. The number of oxime groups is 2. The Kier molecular flexibility index (Phi) is 5.67. The minimum absolute atomic E-state index is 0.684. The molecule has 0 atom stereocenters. The molecule has 2 aromatic heterocycles. The van der Waals surface area contributed by atoms with Crippen molar-refractivity contribution < 1.29 is 19.5 Å². The van der Waals surface area contributed by atoms with E-state index in [4.69, 9.17) is 10.4 Å². The third-order valence-corrected chi connectivity index (χ3v) is 4.06. The van der Waals surface area contributed by atoms with Crippen LogP contribution in [0.3, 0.4) is 0 Å². The first-order chi connectivity index (χ1) is 12.8. The molecule has 3 rings (SSSR count). The van der Waals surface area contributed by atoms with E-state index in [0.717, 1.165) is 22.5 Å². The maximum Gasteiger partial charge on any atom is 0.227 e. The van der Waals surface area contributed by atoms with Gasteiger partial charge in [0.2, 0.25) is 11.4 Å². The lowest BCUT2D eigenvalue weighted by atomic mass is 10.1. The van der Waals surface area contributed by atoms with Crippen LogP contribution in [0.25, 0.3) is 0 Å². The van der Waals surface area contributed by atoms with E-state index in [1.807, 2.05) is 57.9 Å². The van der Waals surface area contributed by atoms with Crippen LogP contribution in [-0.4, -0.2) is 22.8 Å². The van der Waals surface area contributed by atoms with Gasteiger partial charge >= 0.3 is 0 Å². The van der Waals surface area contributed by atoms with Crippen molar-refractivity contribution in [3.8, 4) is 0 Å². The van der Waals surface area contributed by atoms with Gasteiger partial charge in [0.1, 0.15) is 12.4 Å². The van der Waals surface area contributed by atoms with Crippen LogP contribution in [0.1, 0.15) is 22.5 Å². The number of nitrogens with zero attached hydrogens (tertiary/aromatic N) is 4. The highest BCUT2D eigenvalue weighted by Crippen LogP contribution is 2.05. The molecule has 130 valence electrons. The van der Waals surface area contributed by atoms with E-state index in [1.165, 1.54) is 12.4 Å². The molecule has 3 aromatic rings. The second kappa shape index (κ2) is 8.53. The molecule has 6 nitrogen and oxygen atoms in total. The van der Waals surface area contributed by atoms with Crippen molar-refractivity contribution in [1.82, 2.24) is 0 Å². The van der Waals surface area contributed by atoms with Gasteiger partial charge in [0, 0.05) is 35.4 Å². The Hall–Kier alpha value is -3.54. The highest BCUT2D eigenvalue weighted by Gasteiger charge is 2.11. The molecule has 0 aliphatic rings. The lowest BCUT2D eigenvalue weighted by Crippen LogP contribution is -2.39. The molecule has 0 radical (unpaired) electrons. The summed E-state index contributed by atoms with van der Waals surface area (Å²) in [5.74, 6) is 0. The van der Waals surface area contributed by atoms with Gasteiger partial charge in [-0.2, -0.15) is 9.13 Å². The summed E-state index contributed by atoms with van der Waals surface area (Å²) >= 11 is 0. The minimum atomic E-state index is 0.684. The maximum absolute atomic E-state index is 8.78. The average Bonchev–Trinajstić information content (AvgIpc) is 2.67. The minimum Gasteiger partial charge on any atom is -0.411 e. The van der Waals surface area contributed by atoms with Crippen LogP contribution in [0.15, 0.2) is 83.4 Å². The third kappa shape index (κ3) is 4.30. The Bertz CT molecular complexity index is 845. The smallest absolute Gasteiger partial charge is 0.227 e. The molecule has 2 N–H and O–H groups in total. The van der Waals surface area contributed by atoms with Crippen LogP contribution < -0.4 is 9.13 Å². The normalized spacial score (nSPS) is 11.4. The molecule has 1 aromatic carbocycles. The van der Waals surface area contributed by atoms with E-state index in [9.17, 15) is 0 Å². The molecule has 0 saturated heterocycles. The van der Waals surface area contributed by atoms with Gasteiger partial charge in [0.25, 0.3) is 0 Å². The number of rotatable bonds is 6. The van der Waals surface area contributed by atoms with Crippen LogP contribution in [0.4, 0.5) is 0 Å². The van der Waals surface area contributed by atoms with Gasteiger partial charge < -0.3 is 10.4 Å². The van der Waals surface area contributed by atoms with E-state index in [1.54, 1.807) is 0 Å². The van der Waals surface area contributed by atoms with Crippen molar-refractivity contribution in [2.24, 2.45) is 10.3 Å². The third-order valence-electron chi connectivity index (χ3n) is 4.06. The Morgan fingerprint density at radius 2 is 1.08 bits per heavy atom. The summed E-state index contributed by atoms with van der Waals surface area (Å²) in [7, 11) is 0. The van der Waals surface area contributed by atoms with Gasteiger partial charge in [0.15, 0.2) is 25.5 Å². The summed E-state index contributed by atoms with van der Waals surface area (Å²) in [5.41, 5.74) is 3.94. The second-order valence-corrected chi connectivity index (χ2v) is 5.81. The number of aromatic nitrogens is 2. The Labute approximate surface area is 151 Å². The second-order valence-electron chi connectivity index (χ2n) is 5.81. The standard InChI is InChI=1S/C20H18N4O2/c25-21-13-19-5-1-3-11-23(19)15-17-7-9-18(10-8-17)16-24-12-4-2-6-20(24)14-22-26/h1-14H,15-16H2/p+2. The van der Waals surface area contributed by atoms with Gasteiger partial charge in [-0.05, 0) is 12.1 Å². The van der Waals surface area contributed by atoms with Gasteiger partial charge in [0.05, 0.1) is 0 Å². The summed E-state index contributed by atoms with van der Waals surface area (Å²) in [6, 6.07) is 19.8. The van der Waals surface area contributed by atoms with E-state index in [0.29, 0.717) is 13.1 Å². The van der Waals surface area contributed by atoms with E-state index in [-0.39, 0.29) is 0 Å². The lowest BCUT2D eigenvalue weighted by Gasteiger charge is -2.03. The summed E-state index contributed by atoms with van der Waals surface area (Å²) in [6.07, 6.45) is 6.74. The molecule has 2 heterocycles. The van der Waals surface area contributed by atoms with Crippen LogP contribution >= 0.6 is 0 Å². The average molecular weight is 348 g/mol. The SMILES string of the molecule is O/N=C/c1cccc[n+]1Cc1ccc(C[n+]2ccccc2/C=N/O)cc1. The fourth-order valence-electron chi connectivity index (χ4n) is 2.76. The zero-order chi connectivity index (χ0) is 18.2. The van der Waals surface area contributed by atoms with Crippen LogP contribution in [0.5, 0.6) is 0 Å². The van der Waals surface area contributed by atoms with Gasteiger partial charge in [-0.1, -0.05) is 34.6 Å². The maximum atomic E-state index is 8.78. The van der Waals surface area contributed by atoms with E-state index in [2.05, 4.69) is 34.6 Å². The number of pyridine rings is 2. The highest BCUT2D eigenvalue weighted by molar-refractivity contribution is 5.74. The molecule has 0 amide bonds. The Balaban J connectivity index is 1.76. The summed E-state index contributed by atoms with van der Waals surface area (Å²) in [5, 5.41) is 23.8.